The van der Waals surface area contributed by atoms with Gasteiger partial charge < -0.3 is 5.32 Å². The van der Waals surface area contributed by atoms with Crippen molar-refractivity contribution in [2.45, 2.75) is 19.8 Å². The summed E-state index contributed by atoms with van der Waals surface area (Å²) in [7, 11) is 0. The third kappa shape index (κ3) is 1.80. The van der Waals surface area contributed by atoms with E-state index in [2.05, 4.69) is 20.3 Å². The second-order valence-electron chi connectivity index (χ2n) is 5.11. The van der Waals surface area contributed by atoms with Crippen LogP contribution < -0.4 is 5.32 Å². The molecule has 1 aromatic heterocycles. The van der Waals surface area contributed by atoms with Gasteiger partial charge in [0, 0.05) is 11.0 Å². The number of hydrogen-bond acceptors (Lipinski definition) is 5. The third-order valence-electron chi connectivity index (χ3n) is 3.77. The van der Waals surface area contributed by atoms with Crippen molar-refractivity contribution in [2.24, 2.45) is 5.41 Å². The van der Waals surface area contributed by atoms with Crippen LogP contribution in [0.4, 0.5) is 0 Å². The second-order valence-corrected chi connectivity index (χ2v) is 5.11. The average Bonchev–Trinajstić information content (AvgIpc) is 2.86. The summed E-state index contributed by atoms with van der Waals surface area (Å²) in [5, 5.41) is 10.8. The van der Waals surface area contributed by atoms with E-state index in [1.54, 1.807) is 12.1 Å². The summed E-state index contributed by atoms with van der Waals surface area (Å²) in [6, 6.07) is 5.35. The van der Waals surface area contributed by atoms with Gasteiger partial charge >= 0.3 is 0 Å². The van der Waals surface area contributed by atoms with Crippen LogP contribution in [-0.2, 0) is 0 Å². The van der Waals surface area contributed by atoms with Crippen molar-refractivity contribution in [1.29, 1.82) is 0 Å². The maximum Gasteiger partial charge on any atom is 0.168 e. The molecule has 1 aromatic carbocycles. The monoisotopic (exact) mass is 245 g/mol. The van der Waals surface area contributed by atoms with E-state index in [9.17, 15) is 4.79 Å². The highest BCUT2D eigenvalue weighted by Gasteiger charge is 2.35. The van der Waals surface area contributed by atoms with Crippen LogP contribution in [0.15, 0.2) is 22.8 Å². The van der Waals surface area contributed by atoms with Gasteiger partial charge in [0.25, 0.3) is 0 Å². The first-order chi connectivity index (χ1) is 8.69. The normalized spacial score (nSPS) is 18.9. The number of Topliss-reactive ketones (excluding diaryl/α,β-unsaturated/α-hetero) is 1. The number of benzene rings is 1. The van der Waals surface area contributed by atoms with E-state index < -0.39 is 0 Å². The van der Waals surface area contributed by atoms with Crippen molar-refractivity contribution in [3.8, 4) is 0 Å². The first-order valence-corrected chi connectivity index (χ1v) is 6.17. The van der Waals surface area contributed by atoms with Crippen LogP contribution in [0.5, 0.6) is 0 Å². The van der Waals surface area contributed by atoms with E-state index in [1.807, 2.05) is 13.0 Å². The molecule has 5 heteroatoms. The fourth-order valence-corrected chi connectivity index (χ4v) is 2.48. The molecule has 0 bridgehead atoms. The van der Waals surface area contributed by atoms with E-state index in [0.29, 0.717) is 16.6 Å². The third-order valence-corrected chi connectivity index (χ3v) is 3.77. The van der Waals surface area contributed by atoms with Gasteiger partial charge in [-0.15, -0.1) is 0 Å². The van der Waals surface area contributed by atoms with Gasteiger partial charge in [-0.3, -0.25) is 4.79 Å². The molecule has 0 atom stereocenters. The number of rotatable bonds is 2. The molecular formula is C13H15N3O2. The number of fused-ring (bicyclic) bond motifs is 1. The van der Waals surface area contributed by atoms with Gasteiger partial charge in [-0.1, -0.05) is 6.92 Å². The molecular weight excluding hydrogens is 230 g/mol. The van der Waals surface area contributed by atoms with Crippen LogP contribution >= 0.6 is 0 Å². The number of carbonyl (C=O) groups excluding carboxylic acids is 1. The molecule has 1 aliphatic heterocycles. The number of piperidine rings is 1. The summed E-state index contributed by atoms with van der Waals surface area (Å²) in [6.07, 6.45) is 1.75. The molecule has 0 unspecified atom stereocenters. The van der Waals surface area contributed by atoms with Crippen molar-refractivity contribution >= 4 is 16.8 Å². The summed E-state index contributed by atoms with van der Waals surface area (Å²) in [5.41, 5.74) is 1.75. The molecule has 1 aliphatic rings. The van der Waals surface area contributed by atoms with Crippen molar-refractivity contribution in [3.63, 3.8) is 0 Å². The smallest absolute Gasteiger partial charge is 0.168 e. The van der Waals surface area contributed by atoms with E-state index in [0.717, 1.165) is 25.9 Å². The minimum absolute atomic E-state index is 0.189. The van der Waals surface area contributed by atoms with Gasteiger partial charge in [0.15, 0.2) is 5.78 Å². The largest absolute Gasteiger partial charge is 0.317 e. The lowest BCUT2D eigenvalue weighted by Crippen LogP contribution is -2.40. The number of nitrogens with zero attached hydrogens (tertiary/aromatic N) is 2. The quantitative estimate of drug-likeness (QED) is 0.817. The Bertz CT molecular complexity index is 585. The number of ketones is 1. The molecule has 0 spiro atoms. The van der Waals surface area contributed by atoms with Gasteiger partial charge in [0.2, 0.25) is 0 Å². The van der Waals surface area contributed by atoms with E-state index >= 15 is 0 Å². The molecule has 0 radical (unpaired) electrons. The number of hydrogen-bond donors (Lipinski definition) is 1. The van der Waals surface area contributed by atoms with Crippen LogP contribution in [0.2, 0.25) is 0 Å². The predicted octanol–water partition coefficient (Wildman–Crippen LogP) is 1.80. The Balaban J connectivity index is 1.95. The standard InChI is InChI=1S/C13H15N3O2/c1-13(4-6-14-7-5-13)12(17)9-2-3-10-11(8-9)16-18-15-10/h2-3,8,14H,4-7H2,1H3. The lowest BCUT2D eigenvalue weighted by atomic mass is 9.75. The molecule has 0 aliphatic carbocycles. The Morgan fingerprint density at radius 1 is 1.28 bits per heavy atom. The number of aromatic nitrogens is 2. The Kier molecular flexibility index (Phi) is 2.63. The van der Waals surface area contributed by atoms with Crippen LogP contribution in [-0.4, -0.2) is 29.2 Å². The Morgan fingerprint density at radius 2 is 2.00 bits per heavy atom. The molecule has 1 N–H and O–H groups in total. The topological polar surface area (TPSA) is 68.0 Å². The highest BCUT2D eigenvalue weighted by atomic mass is 16.6. The molecule has 18 heavy (non-hydrogen) atoms. The SMILES string of the molecule is CC1(C(=O)c2ccc3nonc3c2)CCNCC1. The first kappa shape index (κ1) is 11.3. The first-order valence-electron chi connectivity index (χ1n) is 6.17. The molecule has 1 saturated heterocycles. The van der Waals surface area contributed by atoms with Gasteiger partial charge in [0.05, 0.1) is 0 Å². The zero-order chi connectivity index (χ0) is 12.6. The average molecular weight is 245 g/mol. The van der Waals surface area contributed by atoms with Crippen molar-refractivity contribution < 1.29 is 9.42 Å². The molecule has 1 fully saturated rings. The summed E-state index contributed by atoms with van der Waals surface area (Å²) in [4.78, 5) is 12.6. The molecule has 2 heterocycles. The number of carbonyl (C=O) groups is 1. The Labute approximate surface area is 105 Å². The minimum atomic E-state index is -0.268. The molecule has 5 nitrogen and oxygen atoms in total. The van der Waals surface area contributed by atoms with Crippen molar-refractivity contribution in [2.75, 3.05) is 13.1 Å². The maximum absolute atomic E-state index is 12.6. The zero-order valence-electron chi connectivity index (χ0n) is 10.3. The van der Waals surface area contributed by atoms with Gasteiger partial charge in [-0.05, 0) is 54.4 Å². The summed E-state index contributed by atoms with van der Waals surface area (Å²) in [5.74, 6) is 0.189. The zero-order valence-corrected chi connectivity index (χ0v) is 10.3. The van der Waals surface area contributed by atoms with E-state index in [-0.39, 0.29) is 11.2 Å². The Morgan fingerprint density at radius 3 is 2.78 bits per heavy atom. The fourth-order valence-electron chi connectivity index (χ4n) is 2.48. The van der Waals surface area contributed by atoms with Gasteiger partial charge in [-0.25, -0.2) is 4.63 Å². The summed E-state index contributed by atoms with van der Waals surface area (Å²) in [6.45, 7) is 3.84. The highest BCUT2D eigenvalue weighted by Crippen LogP contribution is 2.32. The summed E-state index contributed by atoms with van der Waals surface area (Å²) >= 11 is 0. The van der Waals surface area contributed by atoms with Crippen LogP contribution in [0, 0.1) is 5.41 Å². The van der Waals surface area contributed by atoms with Crippen molar-refractivity contribution in [1.82, 2.24) is 15.6 Å². The van der Waals surface area contributed by atoms with Crippen LogP contribution in [0.1, 0.15) is 30.1 Å². The predicted molar refractivity (Wildman–Crippen MR) is 66.3 cm³/mol. The van der Waals surface area contributed by atoms with Gasteiger partial charge in [0.1, 0.15) is 11.0 Å². The molecule has 0 saturated carbocycles. The second kappa shape index (κ2) is 4.17. The minimum Gasteiger partial charge on any atom is -0.317 e. The van der Waals surface area contributed by atoms with E-state index in [4.69, 9.17) is 0 Å². The molecule has 2 aromatic rings. The molecule has 3 rings (SSSR count). The summed E-state index contributed by atoms with van der Waals surface area (Å²) < 4.78 is 4.65. The van der Waals surface area contributed by atoms with Gasteiger partial charge in [-0.2, -0.15) is 0 Å². The maximum atomic E-state index is 12.6. The lowest BCUT2D eigenvalue weighted by Gasteiger charge is -2.32. The number of nitrogens with one attached hydrogen (secondary N) is 1. The highest BCUT2D eigenvalue weighted by molar-refractivity contribution is 6.02. The van der Waals surface area contributed by atoms with Crippen molar-refractivity contribution in [3.05, 3.63) is 23.8 Å². The van der Waals surface area contributed by atoms with E-state index in [1.165, 1.54) is 0 Å². The molecule has 94 valence electrons. The Hall–Kier alpha value is -1.75. The van der Waals surface area contributed by atoms with Crippen LogP contribution in [0.3, 0.4) is 0 Å². The van der Waals surface area contributed by atoms with Crippen LogP contribution in [0.25, 0.3) is 11.0 Å². The molecule has 0 amide bonds. The fraction of sp³-hybridized carbons (Fsp3) is 0.462. The lowest BCUT2D eigenvalue weighted by molar-refractivity contribution is 0.0762.